The molecule has 1 aromatic heterocycles. The summed E-state index contributed by atoms with van der Waals surface area (Å²) >= 11 is 0. The molecule has 3 rings (SSSR count). The molecule has 2 heterocycles. The molecule has 90 valence electrons. The van der Waals surface area contributed by atoms with Gasteiger partial charge in [-0.1, -0.05) is 18.2 Å². The number of para-hydroxylation sites is 1. The van der Waals surface area contributed by atoms with Crippen LogP contribution in [0.25, 0.3) is 11.0 Å². The molecule has 1 aromatic carbocycles. The van der Waals surface area contributed by atoms with E-state index < -0.39 is 0 Å². The topological polar surface area (TPSA) is 25.2 Å². The van der Waals surface area contributed by atoms with E-state index in [-0.39, 0.29) is 0 Å². The van der Waals surface area contributed by atoms with Crippen LogP contribution in [-0.2, 0) is 0 Å². The molecule has 0 amide bonds. The Kier molecular flexibility index (Phi) is 2.48. The summed E-state index contributed by atoms with van der Waals surface area (Å²) in [5, 5.41) is 4.89. The molecule has 17 heavy (non-hydrogen) atoms. The van der Waals surface area contributed by atoms with Gasteiger partial charge in [-0.05, 0) is 33.3 Å². The van der Waals surface area contributed by atoms with Gasteiger partial charge >= 0.3 is 0 Å². The quantitative estimate of drug-likeness (QED) is 0.808. The fourth-order valence-corrected chi connectivity index (χ4v) is 3.23. The van der Waals surface area contributed by atoms with E-state index in [1.807, 2.05) is 6.07 Å². The predicted molar refractivity (Wildman–Crippen MR) is 70.4 cm³/mol. The third kappa shape index (κ3) is 1.67. The number of hydrogen-bond donors (Lipinski definition) is 1. The Morgan fingerprint density at radius 2 is 2.00 bits per heavy atom. The normalized spacial score (nSPS) is 29.0. The van der Waals surface area contributed by atoms with Crippen molar-refractivity contribution in [2.75, 3.05) is 0 Å². The lowest BCUT2D eigenvalue weighted by Gasteiger charge is -2.14. The van der Waals surface area contributed by atoms with Crippen LogP contribution < -0.4 is 5.32 Å². The summed E-state index contributed by atoms with van der Waals surface area (Å²) in [5.41, 5.74) is 2.43. The lowest BCUT2D eigenvalue weighted by molar-refractivity contribution is 0.542. The number of aryl methyl sites for hydroxylation is 1. The van der Waals surface area contributed by atoms with Gasteiger partial charge in [0, 0.05) is 29.0 Å². The van der Waals surface area contributed by atoms with E-state index >= 15 is 0 Å². The Hall–Kier alpha value is -1.28. The van der Waals surface area contributed by atoms with Crippen molar-refractivity contribution in [1.29, 1.82) is 0 Å². The third-order valence-corrected chi connectivity index (χ3v) is 3.95. The zero-order valence-electron chi connectivity index (χ0n) is 10.7. The molecular formula is C15H19NO. The first-order valence-electron chi connectivity index (χ1n) is 6.41. The number of hydrogen-bond acceptors (Lipinski definition) is 2. The highest BCUT2D eigenvalue weighted by molar-refractivity contribution is 5.83. The van der Waals surface area contributed by atoms with Crippen LogP contribution in [0.5, 0.6) is 0 Å². The maximum atomic E-state index is 5.87. The van der Waals surface area contributed by atoms with Gasteiger partial charge < -0.3 is 9.73 Å². The first-order valence-corrected chi connectivity index (χ1v) is 6.41. The average molecular weight is 229 g/mol. The maximum Gasteiger partial charge on any atom is 0.134 e. The highest BCUT2D eigenvalue weighted by atomic mass is 16.3. The fraction of sp³-hybridized carbons (Fsp3) is 0.467. The Labute approximate surface area is 102 Å². The molecule has 2 heteroatoms. The molecule has 0 spiro atoms. The molecule has 2 nitrogen and oxygen atoms in total. The van der Waals surface area contributed by atoms with Gasteiger partial charge in [-0.15, -0.1) is 0 Å². The maximum absolute atomic E-state index is 5.87. The van der Waals surface area contributed by atoms with Gasteiger partial charge in [-0.2, -0.15) is 0 Å². The lowest BCUT2D eigenvalue weighted by atomic mass is 9.89. The SMILES string of the molecule is Cc1oc2ccccc2c1C1CC(C)NC1C. The minimum absolute atomic E-state index is 0.532. The summed E-state index contributed by atoms with van der Waals surface area (Å²) < 4.78 is 5.87. The van der Waals surface area contributed by atoms with Crippen molar-refractivity contribution < 1.29 is 4.42 Å². The summed E-state index contributed by atoms with van der Waals surface area (Å²) in [6, 6.07) is 9.50. The molecule has 0 aliphatic carbocycles. The fourth-order valence-electron chi connectivity index (χ4n) is 3.23. The highest BCUT2D eigenvalue weighted by Gasteiger charge is 2.32. The summed E-state index contributed by atoms with van der Waals surface area (Å²) in [5.74, 6) is 1.66. The molecular weight excluding hydrogens is 210 g/mol. The van der Waals surface area contributed by atoms with Crippen molar-refractivity contribution in [2.24, 2.45) is 0 Å². The van der Waals surface area contributed by atoms with Crippen molar-refractivity contribution in [3.63, 3.8) is 0 Å². The van der Waals surface area contributed by atoms with Crippen LogP contribution in [0, 0.1) is 6.92 Å². The highest BCUT2D eigenvalue weighted by Crippen LogP contribution is 2.38. The van der Waals surface area contributed by atoms with Crippen molar-refractivity contribution in [2.45, 2.75) is 45.2 Å². The number of nitrogens with one attached hydrogen (secondary N) is 1. The van der Waals surface area contributed by atoms with Gasteiger partial charge in [0.25, 0.3) is 0 Å². The molecule has 0 saturated carbocycles. The lowest BCUT2D eigenvalue weighted by Crippen LogP contribution is -2.26. The zero-order chi connectivity index (χ0) is 12.0. The molecule has 1 aliphatic rings. The Morgan fingerprint density at radius 3 is 2.71 bits per heavy atom. The third-order valence-electron chi connectivity index (χ3n) is 3.95. The summed E-state index contributed by atoms with van der Waals surface area (Å²) in [7, 11) is 0. The van der Waals surface area contributed by atoms with Crippen LogP contribution in [0.4, 0.5) is 0 Å². The molecule has 1 fully saturated rings. The summed E-state index contributed by atoms with van der Waals surface area (Å²) in [6.07, 6.45) is 1.20. The van der Waals surface area contributed by atoms with E-state index in [0.717, 1.165) is 11.3 Å². The van der Waals surface area contributed by atoms with Gasteiger partial charge in [0.05, 0.1) is 0 Å². The van der Waals surface area contributed by atoms with E-state index in [4.69, 9.17) is 4.42 Å². The van der Waals surface area contributed by atoms with Crippen molar-refractivity contribution in [1.82, 2.24) is 5.32 Å². The monoisotopic (exact) mass is 229 g/mol. The molecule has 3 atom stereocenters. The van der Waals surface area contributed by atoms with Gasteiger partial charge in [0.15, 0.2) is 0 Å². The second-order valence-corrected chi connectivity index (χ2v) is 5.27. The minimum atomic E-state index is 0.532. The van der Waals surface area contributed by atoms with Gasteiger partial charge in [-0.3, -0.25) is 0 Å². The van der Waals surface area contributed by atoms with Gasteiger partial charge in [0.2, 0.25) is 0 Å². The van der Waals surface area contributed by atoms with Crippen molar-refractivity contribution in [3.05, 3.63) is 35.6 Å². The predicted octanol–water partition coefficient (Wildman–Crippen LogP) is 3.60. The van der Waals surface area contributed by atoms with Crippen molar-refractivity contribution >= 4 is 11.0 Å². The number of fused-ring (bicyclic) bond motifs is 1. The zero-order valence-corrected chi connectivity index (χ0v) is 10.7. The van der Waals surface area contributed by atoms with Crippen LogP contribution in [-0.4, -0.2) is 12.1 Å². The van der Waals surface area contributed by atoms with Crippen LogP contribution >= 0.6 is 0 Å². The van der Waals surface area contributed by atoms with Gasteiger partial charge in [0.1, 0.15) is 11.3 Å². The number of benzene rings is 1. The molecule has 0 radical (unpaired) electrons. The summed E-state index contributed by atoms with van der Waals surface area (Å²) in [4.78, 5) is 0. The standard InChI is InChI=1S/C15H19NO/c1-9-8-13(10(2)16-9)15-11(3)17-14-7-5-4-6-12(14)15/h4-7,9-10,13,16H,8H2,1-3H3. The summed E-state index contributed by atoms with van der Waals surface area (Å²) in [6.45, 7) is 6.62. The van der Waals surface area contributed by atoms with E-state index in [2.05, 4.69) is 44.3 Å². The molecule has 3 unspecified atom stereocenters. The van der Waals surface area contributed by atoms with Crippen molar-refractivity contribution in [3.8, 4) is 0 Å². The van der Waals surface area contributed by atoms with E-state index in [1.54, 1.807) is 0 Å². The molecule has 1 saturated heterocycles. The minimum Gasteiger partial charge on any atom is -0.461 e. The Bertz CT molecular complexity index is 543. The number of furan rings is 1. The molecule has 2 aromatic rings. The number of rotatable bonds is 1. The second-order valence-electron chi connectivity index (χ2n) is 5.27. The smallest absolute Gasteiger partial charge is 0.134 e. The Balaban J connectivity index is 2.13. The van der Waals surface area contributed by atoms with Gasteiger partial charge in [-0.25, -0.2) is 0 Å². The molecule has 1 aliphatic heterocycles. The average Bonchev–Trinajstić information content (AvgIpc) is 2.77. The van der Waals surface area contributed by atoms with Crippen LogP contribution in [0.1, 0.15) is 37.5 Å². The van der Waals surface area contributed by atoms with E-state index in [9.17, 15) is 0 Å². The largest absolute Gasteiger partial charge is 0.461 e. The Morgan fingerprint density at radius 1 is 1.24 bits per heavy atom. The second kappa shape index (κ2) is 3.88. The molecule has 1 N–H and O–H groups in total. The van der Waals surface area contributed by atoms with Crippen LogP contribution in [0.15, 0.2) is 28.7 Å². The van der Waals surface area contributed by atoms with E-state index in [1.165, 1.54) is 17.4 Å². The van der Waals surface area contributed by atoms with Crippen LogP contribution in [0.2, 0.25) is 0 Å². The first-order chi connectivity index (χ1) is 8.16. The van der Waals surface area contributed by atoms with Crippen LogP contribution in [0.3, 0.4) is 0 Å². The van der Waals surface area contributed by atoms with E-state index in [0.29, 0.717) is 18.0 Å². The molecule has 0 bridgehead atoms. The first kappa shape index (κ1) is 10.8.